The van der Waals surface area contributed by atoms with E-state index < -0.39 is 0 Å². The number of piperidine rings is 1. The summed E-state index contributed by atoms with van der Waals surface area (Å²) in [7, 11) is 0. The average molecular weight is 296 g/mol. The smallest absolute Gasteiger partial charge is 0.271 e. The van der Waals surface area contributed by atoms with Gasteiger partial charge in [-0.3, -0.25) is 10.1 Å². The van der Waals surface area contributed by atoms with Crippen LogP contribution in [0.15, 0.2) is 54.6 Å². The third-order valence-corrected chi connectivity index (χ3v) is 4.39. The quantitative estimate of drug-likeness (QED) is 0.631. The summed E-state index contributed by atoms with van der Waals surface area (Å²) in [6, 6.07) is 17.6. The molecule has 114 valence electrons. The number of anilines is 1. The second-order valence-electron chi connectivity index (χ2n) is 5.90. The molecule has 1 heterocycles. The summed E-state index contributed by atoms with van der Waals surface area (Å²) < 4.78 is 0. The molecule has 3 rings (SSSR count). The summed E-state index contributed by atoms with van der Waals surface area (Å²) in [5, 5.41) is 10.9. The van der Waals surface area contributed by atoms with Crippen LogP contribution in [-0.4, -0.2) is 18.0 Å². The van der Waals surface area contributed by atoms with E-state index in [1.165, 1.54) is 5.56 Å². The number of hydrogen-bond donors (Lipinski definition) is 0. The van der Waals surface area contributed by atoms with Gasteiger partial charge in [-0.15, -0.1) is 0 Å². The fourth-order valence-electron chi connectivity index (χ4n) is 3.15. The van der Waals surface area contributed by atoms with Crippen molar-refractivity contribution in [2.45, 2.75) is 19.3 Å². The van der Waals surface area contributed by atoms with E-state index in [4.69, 9.17) is 0 Å². The first-order valence-electron chi connectivity index (χ1n) is 7.76. The number of rotatable bonds is 4. The molecule has 1 aliphatic rings. The molecule has 4 heteroatoms. The summed E-state index contributed by atoms with van der Waals surface area (Å²) in [5.74, 6) is 0.706. The Bertz CT molecular complexity index is 635. The molecule has 0 unspecified atom stereocenters. The van der Waals surface area contributed by atoms with E-state index in [1.807, 2.05) is 6.07 Å². The second-order valence-corrected chi connectivity index (χ2v) is 5.90. The van der Waals surface area contributed by atoms with Crippen LogP contribution in [0.25, 0.3) is 0 Å². The number of non-ortho nitro benzene ring substituents is 1. The standard InChI is InChI=1S/C18H20N2O2/c21-20(22)18-8-4-7-17(14-18)19-11-9-16(10-12-19)13-15-5-2-1-3-6-15/h1-8,14,16H,9-13H2. The average Bonchev–Trinajstić information content (AvgIpc) is 2.56. The first-order valence-corrected chi connectivity index (χ1v) is 7.76. The molecule has 0 atom stereocenters. The Hall–Kier alpha value is -2.36. The molecular weight excluding hydrogens is 276 g/mol. The predicted octanol–water partition coefficient (Wildman–Crippen LogP) is 4.05. The molecule has 0 bridgehead atoms. The van der Waals surface area contributed by atoms with Gasteiger partial charge in [0.2, 0.25) is 0 Å². The molecule has 0 aromatic heterocycles. The zero-order valence-corrected chi connectivity index (χ0v) is 12.5. The van der Waals surface area contributed by atoms with Crippen molar-refractivity contribution < 1.29 is 4.92 Å². The number of nitrogens with zero attached hydrogens (tertiary/aromatic N) is 2. The van der Waals surface area contributed by atoms with Gasteiger partial charge in [0, 0.05) is 30.9 Å². The van der Waals surface area contributed by atoms with Crippen molar-refractivity contribution in [1.29, 1.82) is 0 Å². The van der Waals surface area contributed by atoms with Crippen LogP contribution in [-0.2, 0) is 6.42 Å². The van der Waals surface area contributed by atoms with Crippen molar-refractivity contribution >= 4 is 11.4 Å². The Balaban J connectivity index is 1.60. The van der Waals surface area contributed by atoms with Crippen LogP contribution in [0.5, 0.6) is 0 Å². The van der Waals surface area contributed by atoms with Gasteiger partial charge in [-0.25, -0.2) is 0 Å². The molecule has 0 radical (unpaired) electrons. The third kappa shape index (κ3) is 3.45. The third-order valence-electron chi connectivity index (χ3n) is 4.39. The zero-order chi connectivity index (χ0) is 15.4. The highest BCUT2D eigenvalue weighted by atomic mass is 16.6. The molecule has 1 fully saturated rings. The van der Waals surface area contributed by atoms with Crippen LogP contribution in [0, 0.1) is 16.0 Å². The van der Waals surface area contributed by atoms with Crippen molar-refractivity contribution in [3.05, 3.63) is 70.3 Å². The predicted molar refractivity (Wildman–Crippen MR) is 88.2 cm³/mol. The monoisotopic (exact) mass is 296 g/mol. The lowest BCUT2D eigenvalue weighted by atomic mass is 9.90. The van der Waals surface area contributed by atoms with E-state index in [-0.39, 0.29) is 10.6 Å². The Morgan fingerprint density at radius 2 is 1.77 bits per heavy atom. The molecular formula is C18H20N2O2. The van der Waals surface area contributed by atoms with E-state index >= 15 is 0 Å². The Morgan fingerprint density at radius 1 is 1.05 bits per heavy atom. The minimum absolute atomic E-state index is 0.170. The summed E-state index contributed by atoms with van der Waals surface area (Å²) in [6.45, 7) is 1.94. The molecule has 0 amide bonds. The van der Waals surface area contributed by atoms with Crippen LogP contribution in [0.2, 0.25) is 0 Å². The molecule has 2 aromatic carbocycles. The van der Waals surface area contributed by atoms with E-state index in [1.54, 1.807) is 18.2 Å². The summed E-state index contributed by atoms with van der Waals surface area (Å²) in [5.41, 5.74) is 2.53. The largest absolute Gasteiger partial charge is 0.371 e. The minimum Gasteiger partial charge on any atom is -0.371 e. The molecule has 22 heavy (non-hydrogen) atoms. The first kappa shape index (κ1) is 14.6. The Kier molecular flexibility index (Phi) is 4.37. The molecule has 0 N–H and O–H groups in total. The van der Waals surface area contributed by atoms with E-state index in [2.05, 4.69) is 35.2 Å². The van der Waals surface area contributed by atoms with Crippen LogP contribution in [0.4, 0.5) is 11.4 Å². The lowest BCUT2D eigenvalue weighted by Gasteiger charge is -2.33. The van der Waals surface area contributed by atoms with Crippen molar-refractivity contribution in [2.24, 2.45) is 5.92 Å². The van der Waals surface area contributed by atoms with Gasteiger partial charge >= 0.3 is 0 Å². The normalized spacial score (nSPS) is 15.7. The highest BCUT2D eigenvalue weighted by Crippen LogP contribution is 2.27. The number of hydrogen-bond acceptors (Lipinski definition) is 3. The first-order chi connectivity index (χ1) is 10.7. The minimum atomic E-state index is -0.328. The van der Waals surface area contributed by atoms with Crippen LogP contribution < -0.4 is 4.90 Å². The molecule has 4 nitrogen and oxygen atoms in total. The molecule has 2 aromatic rings. The van der Waals surface area contributed by atoms with Crippen LogP contribution >= 0.6 is 0 Å². The maximum atomic E-state index is 10.9. The number of nitro groups is 1. The molecule has 1 aliphatic heterocycles. The highest BCUT2D eigenvalue weighted by Gasteiger charge is 2.20. The molecule has 1 saturated heterocycles. The maximum absolute atomic E-state index is 10.9. The SMILES string of the molecule is O=[N+]([O-])c1cccc(N2CCC(Cc3ccccc3)CC2)c1. The van der Waals surface area contributed by atoms with Crippen molar-refractivity contribution in [1.82, 2.24) is 0 Å². The fourth-order valence-corrected chi connectivity index (χ4v) is 3.15. The van der Waals surface area contributed by atoms with E-state index in [9.17, 15) is 10.1 Å². The maximum Gasteiger partial charge on any atom is 0.271 e. The summed E-state index contributed by atoms with van der Waals surface area (Å²) >= 11 is 0. The fraction of sp³-hybridized carbons (Fsp3) is 0.333. The molecule has 0 aliphatic carbocycles. The van der Waals surface area contributed by atoms with Crippen molar-refractivity contribution in [3.8, 4) is 0 Å². The molecule has 0 spiro atoms. The van der Waals surface area contributed by atoms with Crippen LogP contribution in [0.3, 0.4) is 0 Å². The topological polar surface area (TPSA) is 46.4 Å². The lowest BCUT2D eigenvalue weighted by molar-refractivity contribution is -0.384. The Labute approximate surface area is 130 Å². The van der Waals surface area contributed by atoms with Crippen LogP contribution in [0.1, 0.15) is 18.4 Å². The van der Waals surface area contributed by atoms with Gasteiger partial charge in [-0.2, -0.15) is 0 Å². The van der Waals surface area contributed by atoms with E-state index in [0.29, 0.717) is 5.92 Å². The van der Waals surface area contributed by atoms with Gasteiger partial charge in [0.05, 0.1) is 4.92 Å². The van der Waals surface area contributed by atoms with Gasteiger partial charge in [0.1, 0.15) is 0 Å². The number of benzene rings is 2. The van der Waals surface area contributed by atoms with Crippen molar-refractivity contribution in [2.75, 3.05) is 18.0 Å². The van der Waals surface area contributed by atoms with Gasteiger partial charge in [0.15, 0.2) is 0 Å². The highest BCUT2D eigenvalue weighted by molar-refractivity contribution is 5.53. The van der Waals surface area contributed by atoms with Gasteiger partial charge < -0.3 is 4.90 Å². The zero-order valence-electron chi connectivity index (χ0n) is 12.5. The molecule has 0 saturated carbocycles. The summed E-state index contributed by atoms with van der Waals surface area (Å²) in [6.07, 6.45) is 3.40. The Morgan fingerprint density at radius 3 is 2.45 bits per heavy atom. The second kappa shape index (κ2) is 6.60. The van der Waals surface area contributed by atoms with Gasteiger partial charge in [0.25, 0.3) is 5.69 Å². The van der Waals surface area contributed by atoms with Gasteiger partial charge in [-0.05, 0) is 36.8 Å². The lowest BCUT2D eigenvalue weighted by Crippen LogP contribution is -2.34. The van der Waals surface area contributed by atoms with Crippen molar-refractivity contribution in [3.63, 3.8) is 0 Å². The summed E-state index contributed by atoms with van der Waals surface area (Å²) in [4.78, 5) is 12.8. The number of nitro benzene ring substituents is 1. The van der Waals surface area contributed by atoms with E-state index in [0.717, 1.165) is 38.0 Å². The van der Waals surface area contributed by atoms with Gasteiger partial charge in [-0.1, -0.05) is 36.4 Å².